The summed E-state index contributed by atoms with van der Waals surface area (Å²) in [5, 5.41) is 10.6. The van der Waals surface area contributed by atoms with Crippen molar-refractivity contribution in [3.63, 3.8) is 0 Å². The van der Waals surface area contributed by atoms with Crippen LogP contribution in [-0.2, 0) is 11.2 Å². The first-order valence-corrected chi connectivity index (χ1v) is 6.18. The van der Waals surface area contributed by atoms with E-state index in [2.05, 4.69) is 0 Å². The van der Waals surface area contributed by atoms with E-state index in [1.54, 1.807) is 24.3 Å². The number of hydrogen-bond acceptors (Lipinski definition) is 4. The maximum absolute atomic E-state index is 11.9. The van der Waals surface area contributed by atoms with Crippen LogP contribution in [0.1, 0.15) is 27.6 Å². The lowest BCUT2D eigenvalue weighted by Gasteiger charge is -2.24. The molecule has 1 heterocycles. The number of carbonyl (C=O) groups is 1. The molecule has 2 aromatic rings. The minimum Gasteiger partial charge on any atom is -0.454 e. The van der Waals surface area contributed by atoms with Crippen LogP contribution in [0.15, 0.2) is 48.5 Å². The normalized spacial score (nSPS) is 17.2. The molecule has 20 heavy (non-hydrogen) atoms. The number of fused-ring (bicyclic) bond motifs is 1. The van der Waals surface area contributed by atoms with Crippen molar-refractivity contribution in [2.24, 2.45) is 0 Å². The van der Waals surface area contributed by atoms with Gasteiger partial charge in [0.15, 0.2) is 0 Å². The molecule has 1 unspecified atom stereocenters. The van der Waals surface area contributed by atoms with E-state index in [0.717, 1.165) is 11.1 Å². The average Bonchev–Trinajstić information content (AvgIpc) is 2.47. The third-order valence-electron chi connectivity index (χ3n) is 3.37. The quantitative estimate of drug-likeness (QED) is 0.477. The lowest BCUT2D eigenvalue weighted by atomic mass is 9.95. The van der Waals surface area contributed by atoms with Crippen molar-refractivity contribution in [3.8, 4) is 0 Å². The standard InChI is InChI=1S/C15H11NO4/c17-15-13-4-2-1-3-11(13)9-14(20-15)10-5-7-12(8-6-10)16(18)19/h1-8,14H,9H2. The van der Waals surface area contributed by atoms with E-state index in [-0.39, 0.29) is 11.7 Å². The van der Waals surface area contributed by atoms with Crippen LogP contribution in [-0.4, -0.2) is 10.9 Å². The lowest BCUT2D eigenvalue weighted by molar-refractivity contribution is -0.384. The smallest absolute Gasteiger partial charge is 0.339 e. The number of nitro benzene ring substituents is 1. The number of benzene rings is 2. The van der Waals surface area contributed by atoms with Gasteiger partial charge in [0.1, 0.15) is 6.10 Å². The number of hydrogen-bond donors (Lipinski definition) is 0. The molecule has 5 nitrogen and oxygen atoms in total. The zero-order valence-corrected chi connectivity index (χ0v) is 10.5. The van der Waals surface area contributed by atoms with Gasteiger partial charge in [-0.1, -0.05) is 18.2 Å². The summed E-state index contributed by atoms with van der Waals surface area (Å²) < 4.78 is 5.39. The third-order valence-corrected chi connectivity index (χ3v) is 3.37. The number of nitrogens with zero attached hydrogens (tertiary/aromatic N) is 1. The van der Waals surface area contributed by atoms with Gasteiger partial charge in [-0.2, -0.15) is 0 Å². The molecule has 0 aliphatic carbocycles. The second-order valence-electron chi connectivity index (χ2n) is 4.60. The minimum atomic E-state index is -0.452. The number of carbonyl (C=O) groups excluding carboxylic acids is 1. The second-order valence-corrected chi connectivity index (χ2v) is 4.60. The summed E-state index contributed by atoms with van der Waals surface area (Å²) >= 11 is 0. The molecule has 0 bridgehead atoms. The SMILES string of the molecule is O=C1OC(c2ccc([N+](=O)[O-])cc2)Cc2ccccc21. The largest absolute Gasteiger partial charge is 0.454 e. The fourth-order valence-electron chi connectivity index (χ4n) is 2.33. The first-order valence-electron chi connectivity index (χ1n) is 6.18. The van der Waals surface area contributed by atoms with Gasteiger partial charge >= 0.3 is 5.97 Å². The molecule has 3 rings (SSSR count). The topological polar surface area (TPSA) is 69.4 Å². The van der Waals surface area contributed by atoms with E-state index >= 15 is 0 Å². The van der Waals surface area contributed by atoms with Gasteiger partial charge in [-0.25, -0.2) is 4.79 Å². The van der Waals surface area contributed by atoms with E-state index in [9.17, 15) is 14.9 Å². The summed E-state index contributed by atoms with van der Waals surface area (Å²) in [7, 11) is 0. The monoisotopic (exact) mass is 269 g/mol. The Bertz CT molecular complexity index is 679. The molecule has 0 radical (unpaired) electrons. The maximum atomic E-state index is 11.9. The Labute approximate surface area is 115 Å². The third kappa shape index (κ3) is 2.14. The van der Waals surface area contributed by atoms with Gasteiger partial charge in [0.2, 0.25) is 0 Å². The number of rotatable bonds is 2. The Morgan fingerprint density at radius 2 is 1.80 bits per heavy atom. The molecule has 2 aromatic carbocycles. The highest BCUT2D eigenvalue weighted by atomic mass is 16.6. The van der Waals surface area contributed by atoms with Gasteiger partial charge in [-0.3, -0.25) is 10.1 Å². The maximum Gasteiger partial charge on any atom is 0.339 e. The van der Waals surface area contributed by atoms with Crippen LogP contribution in [0.2, 0.25) is 0 Å². The Kier molecular flexibility index (Phi) is 2.95. The Balaban J connectivity index is 1.90. The van der Waals surface area contributed by atoms with Crippen LogP contribution in [0.25, 0.3) is 0 Å². The number of ether oxygens (including phenoxy) is 1. The van der Waals surface area contributed by atoms with Crippen LogP contribution in [0.3, 0.4) is 0 Å². The number of cyclic esters (lactones) is 1. The molecule has 1 aliphatic heterocycles. The van der Waals surface area contributed by atoms with Crippen LogP contribution in [0.4, 0.5) is 5.69 Å². The van der Waals surface area contributed by atoms with Crippen molar-refractivity contribution in [2.75, 3.05) is 0 Å². The Morgan fingerprint density at radius 1 is 1.10 bits per heavy atom. The second kappa shape index (κ2) is 4.77. The van der Waals surface area contributed by atoms with Crippen molar-refractivity contribution in [1.29, 1.82) is 0 Å². The van der Waals surface area contributed by atoms with E-state index in [4.69, 9.17) is 4.74 Å². The number of non-ortho nitro benzene ring substituents is 1. The van der Waals surface area contributed by atoms with Crippen LogP contribution < -0.4 is 0 Å². The van der Waals surface area contributed by atoms with Crippen molar-refractivity contribution < 1.29 is 14.5 Å². The summed E-state index contributed by atoms with van der Waals surface area (Å²) in [5.74, 6) is -0.352. The molecule has 0 N–H and O–H groups in total. The molecular weight excluding hydrogens is 258 g/mol. The fraction of sp³-hybridized carbons (Fsp3) is 0.133. The molecule has 5 heteroatoms. The van der Waals surface area contributed by atoms with Gasteiger partial charge in [-0.05, 0) is 29.3 Å². The lowest BCUT2D eigenvalue weighted by Crippen LogP contribution is -2.21. The highest BCUT2D eigenvalue weighted by molar-refractivity contribution is 5.92. The molecule has 0 saturated carbocycles. The number of esters is 1. The molecule has 100 valence electrons. The summed E-state index contributed by atoms with van der Waals surface area (Å²) in [6.45, 7) is 0. The van der Waals surface area contributed by atoms with Gasteiger partial charge < -0.3 is 4.74 Å². The van der Waals surface area contributed by atoms with E-state index in [1.165, 1.54) is 12.1 Å². The van der Waals surface area contributed by atoms with Crippen LogP contribution in [0, 0.1) is 10.1 Å². The summed E-state index contributed by atoms with van der Waals surface area (Å²) in [4.78, 5) is 22.1. The molecular formula is C15H11NO4. The Morgan fingerprint density at radius 3 is 2.50 bits per heavy atom. The Hall–Kier alpha value is -2.69. The van der Waals surface area contributed by atoms with E-state index < -0.39 is 11.0 Å². The summed E-state index contributed by atoms with van der Waals surface area (Å²) in [6, 6.07) is 13.4. The molecule has 0 spiro atoms. The van der Waals surface area contributed by atoms with Crippen molar-refractivity contribution >= 4 is 11.7 Å². The first kappa shape index (κ1) is 12.3. The summed E-state index contributed by atoms with van der Waals surface area (Å²) in [5.41, 5.74) is 2.31. The van der Waals surface area contributed by atoms with Crippen LogP contribution >= 0.6 is 0 Å². The van der Waals surface area contributed by atoms with Crippen LogP contribution in [0.5, 0.6) is 0 Å². The van der Waals surface area contributed by atoms with Crippen molar-refractivity contribution in [3.05, 3.63) is 75.3 Å². The molecule has 0 aromatic heterocycles. The van der Waals surface area contributed by atoms with Crippen molar-refractivity contribution in [1.82, 2.24) is 0 Å². The summed E-state index contributed by atoms with van der Waals surface area (Å²) in [6.07, 6.45) is 0.193. The zero-order valence-electron chi connectivity index (χ0n) is 10.5. The predicted octanol–water partition coefficient (Wildman–Crippen LogP) is 3.05. The van der Waals surface area contributed by atoms with E-state index in [1.807, 2.05) is 12.1 Å². The fourth-order valence-corrected chi connectivity index (χ4v) is 2.33. The minimum absolute atomic E-state index is 0.0243. The van der Waals surface area contributed by atoms with Gasteiger partial charge in [0.05, 0.1) is 10.5 Å². The first-order chi connectivity index (χ1) is 9.65. The van der Waals surface area contributed by atoms with E-state index in [0.29, 0.717) is 12.0 Å². The molecule has 1 atom stereocenters. The zero-order chi connectivity index (χ0) is 14.1. The number of nitro groups is 1. The van der Waals surface area contributed by atoms with Gasteiger partial charge in [0, 0.05) is 18.6 Å². The molecule has 1 aliphatic rings. The van der Waals surface area contributed by atoms with Gasteiger partial charge in [-0.15, -0.1) is 0 Å². The molecule has 0 amide bonds. The van der Waals surface area contributed by atoms with Gasteiger partial charge in [0.25, 0.3) is 5.69 Å². The highest BCUT2D eigenvalue weighted by Gasteiger charge is 2.27. The predicted molar refractivity (Wildman–Crippen MR) is 71.4 cm³/mol. The average molecular weight is 269 g/mol. The molecule has 0 fully saturated rings. The molecule has 0 saturated heterocycles. The highest BCUT2D eigenvalue weighted by Crippen LogP contribution is 2.31. The van der Waals surface area contributed by atoms with Crippen molar-refractivity contribution in [2.45, 2.75) is 12.5 Å².